The van der Waals surface area contributed by atoms with E-state index in [4.69, 9.17) is 4.74 Å². The van der Waals surface area contributed by atoms with Crippen molar-refractivity contribution in [2.75, 3.05) is 45.2 Å². The van der Waals surface area contributed by atoms with E-state index in [0.29, 0.717) is 0 Å². The number of rotatable bonds is 6. The lowest BCUT2D eigenvalue weighted by Crippen LogP contribution is -2.45. The second-order valence-electron chi connectivity index (χ2n) is 6.23. The van der Waals surface area contributed by atoms with Crippen LogP contribution in [0.3, 0.4) is 0 Å². The first-order chi connectivity index (χ1) is 11.8. The molecular formula is C19H26N4O. The monoisotopic (exact) mass is 326 g/mol. The van der Waals surface area contributed by atoms with E-state index in [-0.39, 0.29) is 0 Å². The largest absolute Gasteiger partial charge is 0.497 e. The standard InChI is InChI=1S/C19H26N4O/c1-22-9-11-23(12-10-22)19-17(6-4-8-21-19)15-20-14-16-5-3-7-18(13-16)24-2/h3-8,13,20H,9-12,14-15H2,1-2H3. The van der Waals surface area contributed by atoms with Crippen molar-refractivity contribution >= 4 is 5.82 Å². The van der Waals surface area contributed by atoms with Crippen LogP contribution in [0.2, 0.25) is 0 Å². The van der Waals surface area contributed by atoms with Crippen LogP contribution in [0.25, 0.3) is 0 Å². The molecule has 0 bridgehead atoms. The molecular weight excluding hydrogens is 300 g/mol. The Morgan fingerprint density at radius 1 is 1.08 bits per heavy atom. The molecule has 0 unspecified atom stereocenters. The van der Waals surface area contributed by atoms with Gasteiger partial charge in [0.25, 0.3) is 0 Å². The number of methoxy groups -OCH3 is 1. The van der Waals surface area contributed by atoms with Crippen LogP contribution in [-0.4, -0.2) is 50.2 Å². The van der Waals surface area contributed by atoms with Gasteiger partial charge in [-0.2, -0.15) is 0 Å². The minimum Gasteiger partial charge on any atom is -0.497 e. The second-order valence-corrected chi connectivity index (χ2v) is 6.23. The lowest BCUT2D eigenvalue weighted by molar-refractivity contribution is 0.311. The predicted octanol–water partition coefficient (Wildman–Crippen LogP) is 2.13. The summed E-state index contributed by atoms with van der Waals surface area (Å²) in [6.45, 7) is 5.88. The highest BCUT2D eigenvalue weighted by Gasteiger charge is 2.17. The summed E-state index contributed by atoms with van der Waals surface area (Å²) >= 11 is 0. The number of nitrogens with zero attached hydrogens (tertiary/aromatic N) is 3. The molecule has 5 heteroatoms. The minimum absolute atomic E-state index is 0.812. The molecule has 0 saturated carbocycles. The Balaban J connectivity index is 1.61. The van der Waals surface area contributed by atoms with E-state index in [9.17, 15) is 0 Å². The van der Waals surface area contributed by atoms with E-state index < -0.39 is 0 Å². The summed E-state index contributed by atoms with van der Waals surface area (Å²) in [4.78, 5) is 9.38. The van der Waals surface area contributed by atoms with Crippen molar-refractivity contribution in [3.05, 3.63) is 53.7 Å². The fourth-order valence-electron chi connectivity index (χ4n) is 3.00. The summed E-state index contributed by atoms with van der Waals surface area (Å²) in [5, 5.41) is 3.52. The molecule has 5 nitrogen and oxygen atoms in total. The molecule has 1 aromatic carbocycles. The first-order valence-electron chi connectivity index (χ1n) is 8.47. The van der Waals surface area contributed by atoms with Crippen molar-refractivity contribution in [3.63, 3.8) is 0 Å². The van der Waals surface area contributed by atoms with Crippen LogP contribution >= 0.6 is 0 Å². The molecule has 0 spiro atoms. The fraction of sp³-hybridized carbons (Fsp3) is 0.421. The van der Waals surface area contributed by atoms with Crippen LogP contribution in [0.4, 0.5) is 5.82 Å². The molecule has 1 aromatic heterocycles. The van der Waals surface area contributed by atoms with Crippen LogP contribution in [-0.2, 0) is 13.1 Å². The number of hydrogen-bond acceptors (Lipinski definition) is 5. The summed E-state index contributed by atoms with van der Waals surface area (Å²) in [6, 6.07) is 12.4. The zero-order valence-electron chi connectivity index (χ0n) is 14.5. The van der Waals surface area contributed by atoms with E-state index in [2.05, 4.69) is 45.3 Å². The molecule has 2 heterocycles. The zero-order valence-corrected chi connectivity index (χ0v) is 14.5. The predicted molar refractivity (Wildman–Crippen MR) is 97.5 cm³/mol. The van der Waals surface area contributed by atoms with Crippen molar-refractivity contribution < 1.29 is 4.74 Å². The quantitative estimate of drug-likeness (QED) is 0.881. The molecule has 0 radical (unpaired) electrons. The molecule has 1 saturated heterocycles. The van der Waals surface area contributed by atoms with E-state index in [0.717, 1.165) is 50.8 Å². The summed E-state index contributed by atoms with van der Waals surface area (Å²) in [6.07, 6.45) is 1.89. The Hall–Kier alpha value is -2.11. The maximum absolute atomic E-state index is 5.28. The lowest BCUT2D eigenvalue weighted by atomic mass is 10.2. The minimum atomic E-state index is 0.812. The summed E-state index contributed by atoms with van der Waals surface area (Å²) < 4.78 is 5.28. The number of pyridine rings is 1. The maximum Gasteiger partial charge on any atom is 0.133 e. The van der Waals surface area contributed by atoms with Gasteiger partial charge in [-0.3, -0.25) is 0 Å². The Morgan fingerprint density at radius 3 is 2.71 bits per heavy atom. The molecule has 1 N–H and O–H groups in total. The highest BCUT2D eigenvalue weighted by molar-refractivity contribution is 5.47. The van der Waals surface area contributed by atoms with Gasteiger partial charge in [-0.25, -0.2) is 4.98 Å². The van der Waals surface area contributed by atoms with E-state index in [1.54, 1.807) is 7.11 Å². The molecule has 2 aromatic rings. The molecule has 3 rings (SSSR count). The van der Waals surface area contributed by atoms with Gasteiger partial charge in [0.15, 0.2) is 0 Å². The Labute approximate surface area is 144 Å². The normalized spacial score (nSPS) is 15.5. The van der Waals surface area contributed by atoms with Crippen LogP contribution in [0.15, 0.2) is 42.6 Å². The van der Waals surface area contributed by atoms with Crippen LogP contribution < -0.4 is 15.0 Å². The van der Waals surface area contributed by atoms with Gasteiger partial charge < -0.3 is 19.9 Å². The molecule has 1 fully saturated rings. The van der Waals surface area contributed by atoms with Crippen LogP contribution in [0.1, 0.15) is 11.1 Å². The molecule has 1 aliphatic rings. The SMILES string of the molecule is COc1cccc(CNCc2cccnc2N2CCN(C)CC2)c1. The molecule has 24 heavy (non-hydrogen) atoms. The Kier molecular flexibility index (Phi) is 5.67. The number of likely N-dealkylation sites (N-methyl/N-ethyl adjacent to an activating group) is 1. The average Bonchev–Trinajstić information content (AvgIpc) is 2.63. The van der Waals surface area contributed by atoms with Gasteiger partial charge in [0, 0.05) is 51.0 Å². The van der Waals surface area contributed by atoms with Gasteiger partial charge in [-0.05, 0) is 30.8 Å². The van der Waals surface area contributed by atoms with E-state index >= 15 is 0 Å². The number of nitrogens with one attached hydrogen (secondary N) is 1. The first-order valence-corrected chi connectivity index (χ1v) is 8.47. The number of benzene rings is 1. The fourth-order valence-corrected chi connectivity index (χ4v) is 3.00. The van der Waals surface area contributed by atoms with Gasteiger partial charge >= 0.3 is 0 Å². The zero-order chi connectivity index (χ0) is 16.8. The van der Waals surface area contributed by atoms with Crippen molar-refractivity contribution in [1.82, 2.24) is 15.2 Å². The van der Waals surface area contributed by atoms with Crippen molar-refractivity contribution in [2.45, 2.75) is 13.1 Å². The summed E-state index contributed by atoms with van der Waals surface area (Å²) in [5.74, 6) is 2.01. The molecule has 128 valence electrons. The third kappa shape index (κ3) is 4.24. The van der Waals surface area contributed by atoms with Gasteiger partial charge in [-0.1, -0.05) is 18.2 Å². The number of aromatic nitrogens is 1. The number of anilines is 1. The average molecular weight is 326 g/mol. The van der Waals surface area contributed by atoms with Crippen LogP contribution in [0.5, 0.6) is 5.75 Å². The third-order valence-electron chi connectivity index (χ3n) is 4.45. The molecule has 0 atom stereocenters. The molecule has 1 aliphatic heterocycles. The Morgan fingerprint density at radius 2 is 1.92 bits per heavy atom. The Bertz CT molecular complexity index is 653. The van der Waals surface area contributed by atoms with Gasteiger partial charge in [-0.15, -0.1) is 0 Å². The van der Waals surface area contributed by atoms with Crippen molar-refractivity contribution in [1.29, 1.82) is 0 Å². The summed E-state index contributed by atoms with van der Waals surface area (Å²) in [7, 11) is 3.87. The van der Waals surface area contributed by atoms with Gasteiger partial charge in [0.05, 0.1) is 7.11 Å². The first kappa shape index (κ1) is 16.7. The van der Waals surface area contributed by atoms with E-state index in [1.807, 2.05) is 24.4 Å². The number of hydrogen-bond donors (Lipinski definition) is 1. The topological polar surface area (TPSA) is 40.6 Å². The third-order valence-corrected chi connectivity index (χ3v) is 4.45. The van der Waals surface area contributed by atoms with E-state index in [1.165, 1.54) is 11.1 Å². The van der Waals surface area contributed by atoms with Gasteiger partial charge in [0.2, 0.25) is 0 Å². The highest BCUT2D eigenvalue weighted by Crippen LogP contribution is 2.19. The maximum atomic E-state index is 5.28. The molecule has 0 aliphatic carbocycles. The number of piperazine rings is 1. The highest BCUT2D eigenvalue weighted by atomic mass is 16.5. The summed E-state index contributed by atoms with van der Waals surface area (Å²) in [5.41, 5.74) is 2.48. The van der Waals surface area contributed by atoms with Gasteiger partial charge in [0.1, 0.15) is 11.6 Å². The molecule has 0 amide bonds. The second kappa shape index (κ2) is 8.13. The smallest absolute Gasteiger partial charge is 0.133 e. The van der Waals surface area contributed by atoms with Crippen molar-refractivity contribution in [3.8, 4) is 5.75 Å². The lowest BCUT2D eigenvalue weighted by Gasteiger charge is -2.34. The van der Waals surface area contributed by atoms with Crippen molar-refractivity contribution in [2.24, 2.45) is 0 Å². The van der Waals surface area contributed by atoms with Crippen LogP contribution in [0, 0.1) is 0 Å². The number of ether oxygens (including phenoxy) is 1.